The van der Waals surface area contributed by atoms with Crippen LogP contribution in [0.1, 0.15) is 0 Å². The van der Waals surface area contributed by atoms with E-state index in [1.807, 2.05) is 0 Å². The average molecular weight is 272 g/mol. The number of hydrogen-bond donors (Lipinski definition) is 0. The van der Waals surface area contributed by atoms with E-state index in [2.05, 4.69) is 0 Å². The topological polar surface area (TPSA) is 94.5 Å². The third kappa shape index (κ3) is 49.7. The maximum atomic E-state index is 0. The minimum atomic E-state index is 0. The summed E-state index contributed by atoms with van der Waals surface area (Å²) in [5.41, 5.74) is 0. The summed E-state index contributed by atoms with van der Waals surface area (Å²) < 4.78 is 0. The van der Waals surface area contributed by atoms with Gasteiger partial charge in [-0.25, -0.2) is 0 Å². The summed E-state index contributed by atoms with van der Waals surface area (Å²) in [6.07, 6.45) is 0. The molecule has 0 aromatic heterocycles. The Bertz CT molecular complexity index is 6.85. The van der Waals surface area contributed by atoms with Gasteiger partial charge in [0.25, 0.3) is 0 Å². The van der Waals surface area contributed by atoms with Gasteiger partial charge >= 0.3 is 0 Å². The Morgan fingerprint density at radius 3 is 0.600 bits per heavy atom. The van der Waals surface area contributed by atoms with Crippen LogP contribution in [0, 0.1) is 0 Å². The molecule has 5 heavy (non-hydrogen) atoms. The summed E-state index contributed by atoms with van der Waals surface area (Å²) in [4.78, 5) is 0. The van der Waals surface area contributed by atoms with Crippen LogP contribution in [0.2, 0.25) is 0 Å². The van der Waals surface area contributed by atoms with Gasteiger partial charge in [0.1, 0.15) is 0 Å². The molecule has 0 radical (unpaired) electrons. The van der Waals surface area contributed by atoms with Crippen LogP contribution >= 0.6 is 13.5 Å². The van der Waals surface area contributed by atoms with Crippen LogP contribution in [-0.2, 0) is 21.1 Å². The molecule has 0 atom stereocenters. The second kappa shape index (κ2) is 89.5. The van der Waals surface area contributed by atoms with Gasteiger partial charge in [0.15, 0.2) is 0 Å². The molecule has 0 spiro atoms. The van der Waals surface area contributed by atoms with Gasteiger partial charge in [0.05, 0.1) is 0 Å². The minimum Gasteiger partial charge on any atom is -0.412 e. The largest absolute Gasteiger partial charge is 0.412 e. The Kier molecular flexibility index (Phi) is 3040. The van der Waals surface area contributed by atoms with Crippen LogP contribution in [-0.4, -0.2) is 16.4 Å². The van der Waals surface area contributed by atoms with Crippen molar-refractivity contribution in [2.75, 3.05) is 0 Å². The van der Waals surface area contributed by atoms with Gasteiger partial charge in [-0.05, 0) is 0 Å². The first-order valence-electron chi connectivity index (χ1n) is 0. The van der Waals surface area contributed by atoms with Gasteiger partial charge in [0, 0.05) is 21.1 Å². The third-order valence-corrected chi connectivity index (χ3v) is 0. The Balaban J connectivity index is 0. The smallest absolute Gasteiger partial charge is 0 e. The molecule has 0 aliphatic heterocycles. The quantitative estimate of drug-likeness (QED) is 0.471. The molecular weight excluding hydrogens is 264 g/mol. The molecule has 6 N–H and O–H groups in total. The molecule has 0 aromatic rings. The molecule has 5 heteroatoms. The SMILES string of the molecule is O.O.O.S.[W]. The Morgan fingerprint density at radius 1 is 0.600 bits per heavy atom. The summed E-state index contributed by atoms with van der Waals surface area (Å²) in [6.45, 7) is 0. The van der Waals surface area contributed by atoms with Gasteiger partial charge in [-0.2, -0.15) is 13.5 Å². The van der Waals surface area contributed by atoms with Crippen molar-refractivity contribution < 1.29 is 37.5 Å². The van der Waals surface area contributed by atoms with Crippen LogP contribution in [0.4, 0.5) is 0 Å². The fourth-order valence-electron chi connectivity index (χ4n) is 0. The van der Waals surface area contributed by atoms with E-state index in [9.17, 15) is 0 Å². The van der Waals surface area contributed by atoms with E-state index in [1.165, 1.54) is 0 Å². The summed E-state index contributed by atoms with van der Waals surface area (Å²) in [7, 11) is 0. The molecule has 0 aliphatic carbocycles. The van der Waals surface area contributed by atoms with E-state index in [4.69, 9.17) is 0 Å². The summed E-state index contributed by atoms with van der Waals surface area (Å²) in [5, 5.41) is 0. The summed E-state index contributed by atoms with van der Waals surface area (Å²) in [5.74, 6) is 0. The maximum absolute atomic E-state index is 0. The van der Waals surface area contributed by atoms with Gasteiger partial charge in [-0.1, -0.05) is 0 Å². The van der Waals surface area contributed by atoms with Crippen molar-refractivity contribution in [1.29, 1.82) is 0 Å². The van der Waals surface area contributed by atoms with E-state index < -0.39 is 0 Å². The van der Waals surface area contributed by atoms with Crippen molar-refractivity contribution in [3.8, 4) is 0 Å². The minimum absolute atomic E-state index is 0. The molecular formula is H8O3SW. The normalized spacial score (nSPS) is 0. The van der Waals surface area contributed by atoms with Gasteiger partial charge in [-0.3, -0.25) is 0 Å². The Labute approximate surface area is 51.4 Å². The monoisotopic (exact) mass is 272 g/mol. The zero-order chi connectivity index (χ0) is 0. The van der Waals surface area contributed by atoms with E-state index in [0.29, 0.717) is 0 Å². The predicted octanol–water partition coefficient (Wildman–Crippen LogP) is -2.36. The molecule has 0 saturated carbocycles. The van der Waals surface area contributed by atoms with E-state index in [0.717, 1.165) is 0 Å². The van der Waals surface area contributed by atoms with Crippen LogP contribution in [0.15, 0.2) is 0 Å². The molecule has 0 bridgehead atoms. The molecule has 38 valence electrons. The van der Waals surface area contributed by atoms with Crippen LogP contribution in [0.5, 0.6) is 0 Å². The van der Waals surface area contributed by atoms with Crippen molar-refractivity contribution in [1.82, 2.24) is 0 Å². The second-order valence-electron chi connectivity index (χ2n) is 0. The van der Waals surface area contributed by atoms with Gasteiger partial charge in [-0.15, -0.1) is 0 Å². The number of rotatable bonds is 0. The van der Waals surface area contributed by atoms with E-state index in [-0.39, 0.29) is 51.0 Å². The molecule has 0 fully saturated rings. The molecule has 0 aromatic carbocycles. The molecule has 0 rings (SSSR count). The van der Waals surface area contributed by atoms with Crippen LogP contribution < -0.4 is 0 Å². The summed E-state index contributed by atoms with van der Waals surface area (Å²) >= 11 is 0. The molecule has 3 nitrogen and oxygen atoms in total. The fourth-order valence-corrected chi connectivity index (χ4v) is 0. The van der Waals surface area contributed by atoms with Gasteiger partial charge in [0.2, 0.25) is 0 Å². The molecule has 0 aliphatic rings. The molecule has 0 amide bonds. The fraction of sp³-hybridized carbons (Fsp3) is 0. The second-order valence-corrected chi connectivity index (χ2v) is 0. The molecule has 0 heterocycles. The van der Waals surface area contributed by atoms with Crippen LogP contribution in [0.3, 0.4) is 0 Å². The standard InChI is InChI=1S/3H2O.H2S.W/h4*1H2;. The van der Waals surface area contributed by atoms with Crippen molar-refractivity contribution in [3.05, 3.63) is 0 Å². The van der Waals surface area contributed by atoms with Crippen molar-refractivity contribution in [3.63, 3.8) is 0 Å². The van der Waals surface area contributed by atoms with Crippen molar-refractivity contribution >= 4 is 13.5 Å². The first-order valence-corrected chi connectivity index (χ1v) is 0. The Hall–Kier alpha value is 0.918. The van der Waals surface area contributed by atoms with Crippen molar-refractivity contribution in [2.45, 2.75) is 0 Å². The van der Waals surface area contributed by atoms with E-state index >= 15 is 0 Å². The van der Waals surface area contributed by atoms with Crippen LogP contribution in [0.25, 0.3) is 0 Å². The molecule has 0 saturated heterocycles. The van der Waals surface area contributed by atoms with Crippen molar-refractivity contribution in [2.24, 2.45) is 0 Å². The van der Waals surface area contributed by atoms with E-state index in [1.54, 1.807) is 0 Å². The summed E-state index contributed by atoms with van der Waals surface area (Å²) in [6, 6.07) is 0. The first-order chi connectivity index (χ1) is 0. The average Bonchev–Trinajstić information content (AvgIpc) is 0. The first kappa shape index (κ1) is 170. The van der Waals surface area contributed by atoms with Gasteiger partial charge < -0.3 is 16.4 Å². The zero-order valence-corrected chi connectivity index (χ0v) is 6.34. The zero-order valence-electron chi connectivity index (χ0n) is 2.41. The Morgan fingerprint density at radius 2 is 0.600 bits per heavy atom. The third-order valence-electron chi connectivity index (χ3n) is 0. The molecule has 0 unspecified atom stereocenters. The predicted molar refractivity (Wildman–Crippen MR) is 21.2 cm³/mol. The maximum Gasteiger partial charge on any atom is 0 e. The number of hydrogen-bond acceptors (Lipinski definition) is 0.